The van der Waals surface area contributed by atoms with E-state index in [1.54, 1.807) is 49.3 Å². The summed E-state index contributed by atoms with van der Waals surface area (Å²) < 4.78 is 17.4. The predicted octanol–water partition coefficient (Wildman–Crippen LogP) is 3.24. The molecule has 0 aliphatic carbocycles. The van der Waals surface area contributed by atoms with E-state index >= 15 is 0 Å². The molecular weight excluding hydrogens is 568 g/mol. The number of esters is 1. The molecular formula is C29H37BrN2O7. The standard InChI is InChI=1S/C29H37BrN2O7/c1-5-7-8-9-15-38-28(36)22-23-26(34)32(18(3)17-33)25(29(23)16-21(30)24(22)39-29)27(35)31(14-6-2)19-10-12-20(37-4)13-11-19/h5-6,10-13,18,21-25,33H,1-2,7-9,14-17H2,3-4H3/t18-,21?,22+,23+,24+,25?,29?/m1/s1. The van der Waals surface area contributed by atoms with Gasteiger partial charge in [0.25, 0.3) is 5.91 Å². The van der Waals surface area contributed by atoms with E-state index in [0.29, 0.717) is 24.3 Å². The Morgan fingerprint density at radius 3 is 2.62 bits per heavy atom. The lowest BCUT2D eigenvalue weighted by atomic mass is 9.70. The molecule has 10 heteroatoms. The Morgan fingerprint density at radius 1 is 1.28 bits per heavy atom. The molecule has 3 aliphatic heterocycles. The molecule has 0 saturated carbocycles. The summed E-state index contributed by atoms with van der Waals surface area (Å²) in [5.74, 6) is -2.34. The number of halogens is 1. The van der Waals surface area contributed by atoms with Gasteiger partial charge in [0.15, 0.2) is 0 Å². The van der Waals surface area contributed by atoms with E-state index < -0.39 is 41.6 Å². The number of methoxy groups -OCH3 is 1. The Balaban J connectivity index is 1.69. The zero-order valence-corrected chi connectivity index (χ0v) is 24.0. The third-order valence-corrected chi connectivity index (χ3v) is 8.83. The first-order valence-electron chi connectivity index (χ1n) is 13.3. The number of hydrogen-bond donors (Lipinski definition) is 1. The van der Waals surface area contributed by atoms with Gasteiger partial charge in [-0.1, -0.05) is 28.1 Å². The number of amides is 2. The van der Waals surface area contributed by atoms with Crippen LogP contribution in [0.1, 0.15) is 32.6 Å². The summed E-state index contributed by atoms with van der Waals surface area (Å²) >= 11 is 3.66. The van der Waals surface area contributed by atoms with Crippen LogP contribution in [-0.2, 0) is 23.9 Å². The van der Waals surface area contributed by atoms with Gasteiger partial charge in [-0.15, -0.1) is 13.2 Å². The molecule has 0 aromatic heterocycles. The van der Waals surface area contributed by atoms with Gasteiger partial charge in [-0.2, -0.15) is 0 Å². The fourth-order valence-electron chi connectivity index (χ4n) is 6.20. The minimum absolute atomic E-state index is 0.190. The summed E-state index contributed by atoms with van der Waals surface area (Å²) in [6.45, 7) is 9.29. The molecule has 1 spiro atoms. The summed E-state index contributed by atoms with van der Waals surface area (Å²) in [5, 5.41) is 10.1. The SMILES string of the molecule is C=CCCCCOC(=O)[C@H]1[C@H]2C(=O)N([C@H](C)CO)C(C(=O)N(CC=C)c3ccc(OC)cc3)C23CC(Br)[C@@H]1O3. The lowest BCUT2D eigenvalue weighted by molar-refractivity contribution is -0.155. The molecule has 4 rings (SSSR count). The molecule has 2 amide bonds. The van der Waals surface area contributed by atoms with Crippen molar-refractivity contribution in [3.8, 4) is 5.75 Å². The summed E-state index contributed by atoms with van der Waals surface area (Å²) in [4.78, 5) is 44.5. The first-order chi connectivity index (χ1) is 18.7. The minimum atomic E-state index is -1.24. The second-order valence-electron chi connectivity index (χ2n) is 10.3. The topological polar surface area (TPSA) is 106 Å². The number of benzene rings is 1. The normalized spacial score (nSPS) is 29.6. The number of likely N-dealkylation sites (tertiary alicyclic amines) is 1. The predicted molar refractivity (Wildman–Crippen MR) is 150 cm³/mol. The van der Waals surface area contributed by atoms with Crippen LogP contribution >= 0.6 is 15.9 Å². The first-order valence-corrected chi connectivity index (χ1v) is 14.3. The van der Waals surface area contributed by atoms with Crippen molar-refractivity contribution in [2.24, 2.45) is 11.8 Å². The van der Waals surface area contributed by atoms with Crippen LogP contribution in [0.4, 0.5) is 5.69 Å². The number of anilines is 1. The summed E-state index contributed by atoms with van der Waals surface area (Å²) in [7, 11) is 1.56. The molecule has 3 fully saturated rings. The molecule has 3 unspecified atom stereocenters. The number of nitrogens with zero attached hydrogens (tertiary/aromatic N) is 2. The van der Waals surface area contributed by atoms with E-state index in [1.807, 2.05) is 6.08 Å². The summed E-state index contributed by atoms with van der Waals surface area (Å²) in [6.07, 6.45) is 5.55. The van der Waals surface area contributed by atoms with E-state index in [2.05, 4.69) is 29.1 Å². The smallest absolute Gasteiger partial charge is 0.312 e. The van der Waals surface area contributed by atoms with E-state index in [1.165, 1.54) is 4.90 Å². The Labute approximate surface area is 237 Å². The largest absolute Gasteiger partial charge is 0.497 e. The van der Waals surface area contributed by atoms with Gasteiger partial charge in [0.1, 0.15) is 17.4 Å². The number of carbonyl (C=O) groups is 3. The van der Waals surface area contributed by atoms with Gasteiger partial charge in [0.05, 0.1) is 44.3 Å². The van der Waals surface area contributed by atoms with Gasteiger partial charge in [-0.25, -0.2) is 0 Å². The van der Waals surface area contributed by atoms with Crippen molar-refractivity contribution in [1.29, 1.82) is 0 Å². The highest BCUT2D eigenvalue weighted by Crippen LogP contribution is 2.60. The zero-order valence-electron chi connectivity index (χ0n) is 22.5. The Hall–Kier alpha value is -2.69. The van der Waals surface area contributed by atoms with Crippen molar-refractivity contribution in [2.75, 3.05) is 31.8 Å². The minimum Gasteiger partial charge on any atom is -0.497 e. The molecule has 3 saturated heterocycles. The second-order valence-corrected chi connectivity index (χ2v) is 11.5. The van der Waals surface area contributed by atoms with Crippen molar-refractivity contribution in [3.05, 3.63) is 49.6 Å². The van der Waals surface area contributed by atoms with Crippen molar-refractivity contribution < 1.29 is 33.7 Å². The maximum atomic E-state index is 14.4. The van der Waals surface area contributed by atoms with Crippen molar-refractivity contribution >= 4 is 39.4 Å². The Bertz CT molecular complexity index is 1100. The van der Waals surface area contributed by atoms with Crippen LogP contribution in [0, 0.1) is 11.8 Å². The number of allylic oxidation sites excluding steroid dienone is 1. The van der Waals surface area contributed by atoms with Crippen LogP contribution in [0.25, 0.3) is 0 Å². The average molecular weight is 606 g/mol. The molecule has 3 aliphatic rings. The number of aliphatic hydroxyl groups is 1. The number of unbranched alkanes of at least 4 members (excludes halogenated alkanes) is 2. The number of ether oxygens (including phenoxy) is 3. The van der Waals surface area contributed by atoms with Gasteiger partial charge in [0, 0.05) is 17.1 Å². The van der Waals surface area contributed by atoms with Crippen molar-refractivity contribution in [3.63, 3.8) is 0 Å². The van der Waals surface area contributed by atoms with Crippen LogP contribution in [0.15, 0.2) is 49.6 Å². The highest BCUT2D eigenvalue weighted by atomic mass is 79.9. The highest BCUT2D eigenvalue weighted by Gasteiger charge is 2.77. The lowest BCUT2D eigenvalue weighted by Gasteiger charge is -2.38. The molecule has 1 N–H and O–H groups in total. The fourth-order valence-corrected chi connectivity index (χ4v) is 7.14. The van der Waals surface area contributed by atoms with Crippen molar-refractivity contribution in [1.82, 2.24) is 4.90 Å². The van der Waals surface area contributed by atoms with Crippen LogP contribution in [0.2, 0.25) is 0 Å². The number of rotatable bonds is 13. The first kappa shape index (κ1) is 29.3. The van der Waals surface area contributed by atoms with E-state index in [-0.39, 0.29) is 36.4 Å². The molecule has 1 aromatic rings. The van der Waals surface area contributed by atoms with E-state index in [9.17, 15) is 19.5 Å². The van der Waals surface area contributed by atoms with Crippen molar-refractivity contribution in [2.45, 2.75) is 61.2 Å². The van der Waals surface area contributed by atoms with Gasteiger partial charge in [-0.05, 0) is 56.9 Å². The number of alkyl halides is 1. The average Bonchev–Trinajstić information content (AvgIpc) is 3.54. The van der Waals surface area contributed by atoms with Gasteiger partial charge < -0.3 is 29.1 Å². The Morgan fingerprint density at radius 2 is 2.00 bits per heavy atom. The molecule has 3 heterocycles. The van der Waals surface area contributed by atoms with Gasteiger partial charge in [-0.3, -0.25) is 14.4 Å². The summed E-state index contributed by atoms with van der Waals surface area (Å²) in [6, 6.07) is 5.31. The van der Waals surface area contributed by atoms with Crippen LogP contribution in [-0.4, -0.2) is 83.3 Å². The third-order valence-electron chi connectivity index (χ3n) is 7.98. The monoisotopic (exact) mass is 604 g/mol. The third kappa shape index (κ3) is 5.14. The number of carbonyl (C=O) groups excluding carboxylic acids is 3. The maximum Gasteiger partial charge on any atom is 0.312 e. The molecule has 0 radical (unpaired) electrons. The second kappa shape index (κ2) is 12.2. The van der Waals surface area contributed by atoms with Gasteiger partial charge in [0.2, 0.25) is 5.91 Å². The lowest BCUT2D eigenvalue weighted by Crippen LogP contribution is -2.58. The quantitative estimate of drug-likeness (QED) is 0.159. The fraction of sp³-hybridized carbons (Fsp3) is 0.552. The maximum absolute atomic E-state index is 14.4. The number of fused-ring (bicyclic) bond motifs is 1. The van der Waals surface area contributed by atoms with E-state index in [0.717, 1.165) is 12.8 Å². The van der Waals surface area contributed by atoms with Crippen LogP contribution in [0.3, 0.4) is 0 Å². The molecule has 2 bridgehead atoms. The molecule has 9 nitrogen and oxygen atoms in total. The van der Waals surface area contributed by atoms with Crippen LogP contribution < -0.4 is 9.64 Å². The van der Waals surface area contributed by atoms with E-state index in [4.69, 9.17) is 14.2 Å². The molecule has 39 heavy (non-hydrogen) atoms. The molecule has 7 atom stereocenters. The zero-order chi connectivity index (χ0) is 28.3. The number of hydrogen-bond acceptors (Lipinski definition) is 7. The Kier molecular flexibility index (Phi) is 9.18. The highest BCUT2D eigenvalue weighted by molar-refractivity contribution is 9.09. The molecule has 212 valence electrons. The molecule has 1 aromatic carbocycles. The van der Waals surface area contributed by atoms with Gasteiger partial charge >= 0.3 is 5.97 Å². The summed E-state index contributed by atoms with van der Waals surface area (Å²) in [5.41, 5.74) is -0.641. The van der Waals surface area contributed by atoms with Crippen LogP contribution in [0.5, 0.6) is 5.75 Å². The number of aliphatic hydroxyl groups excluding tert-OH is 1.